The number of carboxylic acids is 1. The number of aromatic nitrogens is 2. The summed E-state index contributed by atoms with van der Waals surface area (Å²) in [5, 5.41) is 9.58. The molecule has 2 aromatic rings. The van der Waals surface area contributed by atoms with E-state index in [2.05, 4.69) is 9.97 Å². The summed E-state index contributed by atoms with van der Waals surface area (Å²) in [4.78, 5) is 34.1. The fraction of sp³-hybridized carbons (Fsp3) is 0.550. The highest BCUT2D eigenvalue weighted by molar-refractivity contribution is 5.85. The molecule has 6 heteroatoms. The first-order valence-electron chi connectivity index (χ1n) is 9.53. The van der Waals surface area contributed by atoms with Crippen LogP contribution in [0.5, 0.6) is 0 Å². The molecule has 2 heterocycles. The maximum absolute atomic E-state index is 12.9. The normalized spacial score (nSPS) is 25.4. The molecule has 3 atom stereocenters. The first kappa shape index (κ1) is 17.1. The van der Waals surface area contributed by atoms with Gasteiger partial charge in [0.25, 0.3) is 0 Å². The van der Waals surface area contributed by atoms with Crippen LogP contribution < -0.4 is 0 Å². The zero-order valence-electron chi connectivity index (χ0n) is 15.1. The van der Waals surface area contributed by atoms with Crippen LogP contribution in [0.4, 0.5) is 0 Å². The molecule has 1 aromatic heterocycles. The predicted molar refractivity (Wildman–Crippen MR) is 97.8 cm³/mol. The molecule has 1 amide bonds. The number of imidazole rings is 1. The molecule has 1 aliphatic heterocycles. The third-order valence-corrected chi connectivity index (χ3v) is 6.00. The molecule has 0 bridgehead atoms. The lowest BCUT2D eigenvalue weighted by atomic mass is 9.84. The van der Waals surface area contributed by atoms with E-state index in [4.69, 9.17) is 0 Å². The molecule has 3 unspecified atom stereocenters. The van der Waals surface area contributed by atoms with Gasteiger partial charge >= 0.3 is 5.97 Å². The number of H-pyrrole nitrogens is 1. The second-order valence-electron chi connectivity index (χ2n) is 7.66. The van der Waals surface area contributed by atoms with Crippen molar-refractivity contribution in [2.45, 2.75) is 64.0 Å². The number of nitrogens with zero attached hydrogens (tertiary/aromatic N) is 2. The zero-order valence-corrected chi connectivity index (χ0v) is 15.1. The molecule has 1 saturated carbocycles. The second kappa shape index (κ2) is 6.74. The minimum absolute atomic E-state index is 0.0519. The Hall–Kier alpha value is -2.37. The van der Waals surface area contributed by atoms with Crippen LogP contribution in [0, 0.1) is 12.8 Å². The van der Waals surface area contributed by atoms with Gasteiger partial charge in [-0.2, -0.15) is 0 Å². The van der Waals surface area contributed by atoms with Gasteiger partial charge in [-0.3, -0.25) is 4.79 Å². The standard InChI is InChI=1S/C20H25N3O3/c1-12-5-4-7-14-19(12)22-17(21-14)9-10-18(24)23-15-8-3-2-6-13(15)11-16(23)20(25)26/h4-5,7,13,15-16H,2-3,6,8-11H2,1H3,(H,21,22)(H,25,26). The molecule has 26 heavy (non-hydrogen) atoms. The molecule has 1 aliphatic carbocycles. The maximum atomic E-state index is 12.9. The van der Waals surface area contributed by atoms with Gasteiger partial charge in [-0.25, -0.2) is 9.78 Å². The summed E-state index contributed by atoms with van der Waals surface area (Å²) in [6.07, 6.45) is 5.62. The van der Waals surface area contributed by atoms with Crippen molar-refractivity contribution in [2.24, 2.45) is 5.92 Å². The van der Waals surface area contributed by atoms with Crippen LogP contribution in [0.25, 0.3) is 11.0 Å². The fourth-order valence-electron chi connectivity index (χ4n) is 4.74. The van der Waals surface area contributed by atoms with Gasteiger partial charge in [0.1, 0.15) is 11.9 Å². The summed E-state index contributed by atoms with van der Waals surface area (Å²) < 4.78 is 0. The van der Waals surface area contributed by atoms with Crippen LogP contribution in [-0.2, 0) is 16.0 Å². The number of nitrogens with one attached hydrogen (secondary N) is 1. The number of likely N-dealkylation sites (tertiary alicyclic amines) is 1. The lowest BCUT2D eigenvalue weighted by molar-refractivity contribution is -0.149. The number of fused-ring (bicyclic) bond motifs is 2. The molecule has 1 aromatic carbocycles. The molecular formula is C20H25N3O3. The van der Waals surface area contributed by atoms with Crippen molar-refractivity contribution >= 4 is 22.9 Å². The molecule has 2 aliphatic rings. The first-order chi connectivity index (χ1) is 12.5. The summed E-state index contributed by atoms with van der Waals surface area (Å²) in [5.74, 6) is 0.215. The minimum Gasteiger partial charge on any atom is -0.480 e. The van der Waals surface area contributed by atoms with E-state index < -0.39 is 12.0 Å². The van der Waals surface area contributed by atoms with E-state index >= 15 is 0 Å². The highest BCUT2D eigenvalue weighted by Gasteiger charge is 2.47. The summed E-state index contributed by atoms with van der Waals surface area (Å²) in [6.45, 7) is 2.02. The third kappa shape index (κ3) is 2.97. The van der Waals surface area contributed by atoms with Gasteiger partial charge in [0.05, 0.1) is 11.0 Å². The van der Waals surface area contributed by atoms with Crippen molar-refractivity contribution in [3.63, 3.8) is 0 Å². The Morgan fingerprint density at radius 2 is 2.12 bits per heavy atom. The summed E-state index contributed by atoms with van der Waals surface area (Å²) >= 11 is 0. The van der Waals surface area contributed by atoms with Crippen LogP contribution in [0.15, 0.2) is 18.2 Å². The fourth-order valence-corrected chi connectivity index (χ4v) is 4.74. The molecule has 1 saturated heterocycles. The monoisotopic (exact) mass is 355 g/mol. The van der Waals surface area contributed by atoms with Gasteiger partial charge in [-0.1, -0.05) is 25.0 Å². The highest BCUT2D eigenvalue weighted by atomic mass is 16.4. The van der Waals surface area contributed by atoms with Crippen molar-refractivity contribution in [2.75, 3.05) is 0 Å². The molecule has 6 nitrogen and oxygen atoms in total. The maximum Gasteiger partial charge on any atom is 0.326 e. The molecular weight excluding hydrogens is 330 g/mol. The van der Waals surface area contributed by atoms with Crippen molar-refractivity contribution < 1.29 is 14.7 Å². The van der Waals surface area contributed by atoms with Crippen LogP contribution >= 0.6 is 0 Å². The Bertz CT molecular complexity index is 844. The van der Waals surface area contributed by atoms with E-state index in [0.29, 0.717) is 25.2 Å². The number of carboxylic acid groups (broad SMARTS) is 1. The van der Waals surface area contributed by atoms with Crippen molar-refractivity contribution in [3.05, 3.63) is 29.6 Å². The Labute approximate surface area is 152 Å². The van der Waals surface area contributed by atoms with Gasteiger partial charge in [-0.15, -0.1) is 0 Å². The highest BCUT2D eigenvalue weighted by Crippen LogP contribution is 2.40. The molecule has 0 radical (unpaired) electrons. The number of hydrogen-bond acceptors (Lipinski definition) is 3. The number of para-hydroxylation sites is 1. The van der Waals surface area contributed by atoms with Gasteiger partial charge in [0.2, 0.25) is 5.91 Å². The topological polar surface area (TPSA) is 86.3 Å². The second-order valence-corrected chi connectivity index (χ2v) is 7.66. The van der Waals surface area contributed by atoms with Crippen LogP contribution in [0.2, 0.25) is 0 Å². The number of rotatable bonds is 4. The van der Waals surface area contributed by atoms with Gasteiger partial charge in [0.15, 0.2) is 0 Å². The minimum atomic E-state index is -0.868. The molecule has 138 valence electrons. The molecule has 2 fully saturated rings. The van der Waals surface area contributed by atoms with Crippen LogP contribution in [0.1, 0.15) is 49.9 Å². The predicted octanol–water partition coefficient (Wildman–Crippen LogP) is 3.05. The quantitative estimate of drug-likeness (QED) is 0.882. The first-order valence-corrected chi connectivity index (χ1v) is 9.53. The van der Waals surface area contributed by atoms with Crippen molar-refractivity contribution in [1.29, 1.82) is 0 Å². The van der Waals surface area contributed by atoms with Crippen LogP contribution in [-0.4, -0.2) is 43.9 Å². The van der Waals surface area contributed by atoms with E-state index in [1.807, 2.05) is 25.1 Å². The van der Waals surface area contributed by atoms with Gasteiger partial charge < -0.3 is 15.0 Å². The Balaban J connectivity index is 1.49. The van der Waals surface area contributed by atoms with Crippen LogP contribution in [0.3, 0.4) is 0 Å². The third-order valence-electron chi connectivity index (χ3n) is 6.00. The Morgan fingerprint density at radius 3 is 2.88 bits per heavy atom. The van der Waals surface area contributed by atoms with Gasteiger partial charge in [-0.05, 0) is 43.7 Å². The van der Waals surface area contributed by atoms with E-state index in [9.17, 15) is 14.7 Å². The van der Waals surface area contributed by atoms with Crippen molar-refractivity contribution in [3.8, 4) is 0 Å². The number of aromatic amines is 1. The summed E-state index contributed by atoms with van der Waals surface area (Å²) in [7, 11) is 0. The van der Waals surface area contributed by atoms with Crippen molar-refractivity contribution in [1.82, 2.24) is 14.9 Å². The Morgan fingerprint density at radius 1 is 1.31 bits per heavy atom. The number of benzene rings is 1. The number of aryl methyl sites for hydroxylation is 2. The number of carbonyl (C=O) groups excluding carboxylic acids is 1. The summed E-state index contributed by atoms with van der Waals surface area (Å²) in [5.41, 5.74) is 3.02. The zero-order chi connectivity index (χ0) is 18.3. The molecule has 2 N–H and O–H groups in total. The molecule has 4 rings (SSSR count). The summed E-state index contributed by atoms with van der Waals surface area (Å²) in [6, 6.07) is 5.43. The number of amides is 1. The largest absolute Gasteiger partial charge is 0.480 e. The SMILES string of the molecule is Cc1cccc2[nH]c(CCC(=O)N3C(C(=O)O)CC4CCCCC43)nc12. The van der Waals surface area contributed by atoms with E-state index in [0.717, 1.165) is 48.1 Å². The smallest absolute Gasteiger partial charge is 0.326 e. The number of hydrogen-bond donors (Lipinski definition) is 2. The molecule has 0 spiro atoms. The average Bonchev–Trinajstić information content (AvgIpc) is 3.22. The van der Waals surface area contributed by atoms with Gasteiger partial charge in [0, 0.05) is 18.9 Å². The Kier molecular flexibility index (Phi) is 4.42. The van der Waals surface area contributed by atoms with E-state index in [1.165, 1.54) is 0 Å². The lowest BCUT2D eigenvalue weighted by Crippen LogP contribution is -2.46. The van der Waals surface area contributed by atoms with E-state index in [-0.39, 0.29) is 11.9 Å². The van der Waals surface area contributed by atoms with E-state index in [1.54, 1.807) is 4.90 Å². The average molecular weight is 355 g/mol. The number of carbonyl (C=O) groups is 2. The lowest BCUT2D eigenvalue weighted by Gasteiger charge is -2.33. The number of aliphatic carboxylic acids is 1.